The van der Waals surface area contributed by atoms with Crippen molar-refractivity contribution >= 4 is 17.4 Å². The molecule has 2 heterocycles. The lowest BCUT2D eigenvalue weighted by Crippen LogP contribution is -2.29. The highest BCUT2D eigenvalue weighted by Gasteiger charge is 2.17. The second kappa shape index (κ2) is 7.24. The van der Waals surface area contributed by atoms with E-state index in [0.717, 1.165) is 37.4 Å². The number of nitrogens with zero attached hydrogens (tertiary/aromatic N) is 2. The lowest BCUT2D eigenvalue weighted by atomic mass is 10.0. The van der Waals surface area contributed by atoms with Gasteiger partial charge >= 0.3 is 0 Å². The summed E-state index contributed by atoms with van der Waals surface area (Å²) in [6.07, 6.45) is 5.97. The summed E-state index contributed by atoms with van der Waals surface area (Å²) in [6.45, 7) is 4.59. The molecule has 20 heavy (non-hydrogen) atoms. The Hall–Kier alpha value is -1.62. The summed E-state index contributed by atoms with van der Waals surface area (Å²) in [5.74, 6) is 0.868. The third-order valence-corrected chi connectivity index (χ3v) is 3.74. The van der Waals surface area contributed by atoms with Gasteiger partial charge in [0.2, 0.25) is 5.91 Å². The normalized spacial score (nSPS) is 16.2. The number of hydrogen-bond acceptors (Lipinski definition) is 4. The molecular weight excluding hydrogens is 252 g/mol. The van der Waals surface area contributed by atoms with Crippen molar-refractivity contribution in [3.8, 4) is 0 Å². The molecule has 1 unspecified atom stereocenters. The molecule has 3 N–H and O–H groups in total. The van der Waals surface area contributed by atoms with Gasteiger partial charge in [-0.15, -0.1) is 0 Å². The standard InChI is InChI=1S/C15H24N4O/c1-2-5-12(10-16)15(20)18-13-6-7-14(17-11-13)19-8-3-4-9-19/h6-7,11-12H,2-5,8-10,16H2,1H3,(H,18,20). The van der Waals surface area contributed by atoms with Gasteiger partial charge in [0.15, 0.2) is 0 Å². The van der Waals surface area contributed by atoms with Crippen LogP contribution in [0.25, 0.3) is 0 Å². The number of amides is 1. The van der Waals surface area contributed by atoms with Gasteiger partial charge in [0.1, 0.15) is 5.82 Å². The third-order valence-electron chi connectivity index (χ3n) is 3.74. The molecule has 1 aliphatic heterocycles. The van der Waals surface area contributed by atoms with Gasteiger partial charge in [0.05, 0.1) is 17.8 Å². The quantitative estimate of drug-likeness (QED) is 0.833. The van der Waals surface area contributed by atoms with E-state index >= 15 is 0 Å². The fraction of sp³-hybridized carbons (Fsp3) is 0.600. The van der Waals surface area contributed by atoms with E-state index in [0.29, 0.717) is 6.54 Å². The van der Waals surface area contributed by atoms with Crippen molar-refractivity contribution in [2.45, 2.75) is 32.6 Å². The van der Waals surface area contributed by atoms with E-state index < -0.39 is 0 Å². The molecule has 0 spiro atoms. The molecular formula is C15H24N4O. The first kappa shape index (κ1) is 14.8. The Morgan fingerprint density at radius 1 is 1.45 bits per heavy atom. The Balaban J connectivity index is 1.94. The minimum atomic E-state index is -0.113. The van der Waals surface area contributed by atoms with Gasteiger partial charge in [-0.1, -0.05) is 13.3 Å². The third kappa shape index (κ3) is 3.70. The second-order valence-corrected chi connectivity index (χ2v) is 5.31. The molecule has 1 aliphatic rings. The summed E-state index contributed by atoms with van der Waals surface area (Å²) in [6, 6.07) is 3.89. The van der Waals surface area contributed by atoms with E-state index in [4.69, 9.17) is 5.73 Å². The predicted molar refractivity (Wildman–Crippen MR) is 81.8 cm³/mol. The average molecular weight is 276 g/mol. The minimum absolute atomic E-state index is 0.00919. The summed E-state index contributed by atoms with van der Waals surface area (Å²) in [4.78, 5) is 18.7. The van der Waals surface area contributed by atoms with Crippen molar-refractivity contribution in [3.05, 3.63) is 18.3 Å². The van der Waals surface area contributed by atoms with Crippen molar-refractivity contribution < 1.29 is 4.79 Å². The smallest absolute Gasteiger partial charge is 0.228 e. The molecule has 5 nitrogen and oxygen atoms in total. The zero-order valence-electron chi connectivity index (χ0n) is 12.1. The Kier molecular flexibility index (Phi) is 5.35. The molecule has 1 aromatic rings. The Morgan fingerprint density at radius 2 is 2.20 bits per heavy atom. The number of rotatable bonds is 6. The molecule has 0 aromatic carbocycles. The lowest BCUT2D eigenvalue weighted by molar-refractivity contribution is -0.119. The number of nitrogens with one attached hydrogen (secondary N) is 1. The van der Waals surface area contributed by atoms with E-state index in [1.54, 1.807) is 6.20 Å². The number of pyridine rings is 1. The first-order chi connectivity index (χ1) is 9.74. The van der Waals surface area contributed by atoms with Crippen molar-refractivity contribution in [2.24, 2.45) is 11.7 Å². The van der Waals surface area contributed by atoms with Crippen LogP contribution in [0.1, 0.15) is 32.6 Å². The number of nitrogens with two attached hydrogens (primary N) is 1. The molecule has 1 fully saturated rings. The number of carbonyl (C=O) groups is 1. The monoisotopic (exact) mass is 276 g/mol. The van der Waals surface area contributed by atoms with Crippen LogP contribution in [-0.2, 0) is 4.79 Å². The maximum atomic E-state index is 12.0. The van der Waals surface area contributed by atoms with Gasteiger partial charge in [0.25, 0.3) is 0 Å². The fourth-order valence-electron chi connectivity index (χ4n) is 2.54. The van der Waals surface area contributed by atoms with Gasteiger partial charge in [-0.05, 0) is 31.4 Å². The van der Waals surface area contributed by atoms with Crippen LogP contribution in [0.5, 0.6) is 0 Å². The van der Waals surface area contributed by atoms with E-state index in [1.165, 1.54) is 12.8 Å². The van der Waals surface area contributed by atoms with Crippen LogP contribution in [0, 0.1) is 5.92 Å². The molecule has 110 valence electrons. The highest BCUT2D eigenvalue weighted by Crippen LogP contribution is 2.19. The van der Waals surface area contributed by atoms with Gasteiger partial charge in [-0.3, -0.25) is 4.79 Å². The van der Waals surface area contributed by atoms with Crippen LogP contribution in [0.3, 0.4) is 0 Å². The Bertz CT molecular complexity index is 426. The fourth-order valence-corrected chi connectivity index (χ4v) is 2.54. The Labute approximate surface area is 120 Å². The van der Waals surface area contributed by atoms with Crippen LogP contribution in [0.2, 0.25) is 0 Å². The highest BCUT2D eigenvalue weighted by molar-refractivity contribution is 5.92. The van der Waals surface area contributed by atoms with Crippen LogP contribution in [0.15, 0.2) is 18.3 Å². The van der Waals surface area contributed by atoms with Crippen molar-refractivity contribution in [3.63, 3.8) is 0 Å². The summed E-state index contributed by atoms with van der Waals surface area (Å²) in [5, 5.41) is 2.90. The first-order valence-corrected chi connectivity index (χ1v) is 7.46. The van der Waals surface area contributed by atoms with Crippen LogP contribution in [0.4, 0.5) is 11.5 Å². The number of aromatic nitrogens is 1. The van der Waals surface area contributed by atoms with Crippen molar-refractivity contribution in [1.29, 1.82) is 0 Å². The van der Waals surface area contributed by atoms with E-state index in [-0.39, 0.29) is 11.8 Å². The van der Waals surface area contributed by atoms with Crippen LogP contribution >= 0.6 is 0 Å². The lowest BCUT2D eigenvalue weighted by Gasteiger charge is -2.17. The summed E-state index contributed by atoms with van der Waals surface area (Å²) in [5.41, 5.74) is 6.38. The summed E-state index contributed by atoms with van der Waals surface area (Å²) < 4.78 is 0. The number of hydrogen-bond donors (Lipinski definition) is 2. The Morgan fingerprint density at radius 3 is 2.75 bits per heavy atom. The molecule has 0 saturated carbocycles. The molecule has 1 saturated heterocycles. The summed E-state index contributed by atoms with van der Waals surface area (Å²) >= 11 is 0. The minimum Gasteiger partial charge on any atom is -0.357 e. The predicted octanol–water partition coefficient (Wildman–Crippen LogP) is 2.00. The molecule has 2 rings (SSSR count). The molecule has 5 heteroatoms. The zero-order chi connectivity index (χ0) is 14.4. The second-order valence-electron chi connectivity index (χ2n) is 5.31. The van der Waals surface area contributed by atoms with Gasteiger partial charge < -0.3 is 16.0 Å². The largest absolute Gasteiger partial charge is 0.357 e. The van der Waals surface area contributed by atoms with Crippen LogP contribution < -0.4 is 16.0 Å². The van der Waals surface area contributed by atoms with E-state index in [2.05, 4.69) is 22.1 Å². The summed E-state index contributed by atoms with van der Waals surface area (Å²) in [7, 11) is 0. The number of anilines is 2. The zero-order valence-corrected chi connectivity index (χ0v) is 12.1. The maximum Gasteiger partial charge on any atom is 0.228 e. The molecule has 0 aliphatic carbocycles. The van der Waals surface area contributed by atoms with Crippen molar-refractivity contribution in [1.82, 2.24) is 4.98 Å². The SMILES string of the molecule is CCCC(CN)C(=O)Nc1ccc(N2CCCC2)nc1. The van der Waals surface area contributed by atoms with Gasteiger partial charge in [-0.2, -0.15) is 0 Å². The molecule has 1 atom stereocenters. The molecule has 0 bridgehead atoms. The van der Waals surface area contributed by atoms with Crippen LogP contribution in [-0.4, -0.2) is 30.5 Å². The van der Waals surface area contributed by atoms with Gasteiger partial charge in [-0.25, -0.2) is 4.98 Å². The first-order valence-electron chi connectivity index (χ1n) is 7.46. The van der Waals surface area contributed by atoms with E-state index in [1.807, 2.05) is 12.1 Å². The van der Waals surface area contributed by atoms with E-state index in [9.17, 15) is 4.79 Å². The molecule has 0 radical (unpaired) electrons. The molecule has 1 aromatic heterocycles. The number of carbonyl (C=O) groups excluding carboxylic acids is 1. The average Bonchev–Trinajstić information content (AvgIpc) is 2.99. The topological polar surface area (TPSA) is 71.2 Å². The van der Waals surface area contributed by atoms with Gasteiger partial charge in [0, 0.05) is 19.6 Å². The maximum absolute atomic E-state index is 12.0. The molecule has 1 amide bonds. The van der Waals surface area contributed by atoms with Crippen molar-refractivity contribution in [2.75, 3.05) is 29.9 Å². The highest BCUT2D eigenvalue weighted by atomic mass is 16.1.